The van der Waals surface area contributed by atoms with Gasteiger partial charge in [-0.05, 0) is 53.5 Å². The third-order valence-electron chi connectivity index (χ3n) is 3.74. The molecule has 0 aliphatic rings. The van der Waals surface area contributed by atoms with Crippen molar-refractivity contribution >= 4 is 28.7 Å². The monoisotopic (exact) mass is 374 g/mol. The Morgan fingerprint density at radius 3 is 2.81 bits per heavy atom. The maximum atomic E-state index is 13.8. The molecule has 2 heterocycles. The summed E-state index contributed by atoms with van der Waals surface area (Å²) in [5.74, 6) is -1.13. The summed E-state index contributed by atoms with van der Waals surface area (Å²) < 4.78 is 15.3. The molecule has 0 saturated heterocycles. The first-order chi connectivity index (χ1) is 12.3. The summed E-state index contributed by atoms with van der Waals surface area (Å²) in [6, 6.07) is 7.55. The zero-order valence-electron chi connectivity index (χ0n) is 14.0. The van der Waals surface area contributed by atoms with Crippen molar-refractivity contribution in [1.29, 1.82) is 0 Å². The Bertz CT molecular complexity index is 996. The number of carbonyl (C=O) groups is 1. The van der Waals surface area contributed by atoms with E-state index in [9.17, 15) is 19.3 Å². The first-order valence-electron chi connectivity index (χ1n) is 7.67. The van der Waals surface area contributed by atoms with Gasteiger partial charge in [-0.2, -0.15) is 4.68 Å². The van der Waals surface area contributed by atoms with Crippen LogP contribution in [0.1, 0.15) is 26.5 Å². The average Bonchev–Trinajstić information content (AvgIpc) is 3.19. The van der Waals surface area contributed by atoms with Crippen LogP contribution in [0.15, 0.2) is 35.7 Å². The van der Waals surface area contributed by atoms with Gasteiger partial charge in [0, 0.05) is 0 Å². The number of anilines is 1. The number of nitrogens with one attached hydrogen (secondary N) is 1. The molecule has 134 valence electrons. The summed E-state index contributed by atoms with van der Waals surface area (Å²) in [7, 11) is 0. The highest BCUT2D eigenvalue weighted by Crippen LogP contribution is 2.21. The van der Waals surface area contributed by atoms with Gasteiger partial charge in [-0.1, -0.05) is 6.07 Å². The van der Waals surface area contributed by atoms with E-state index in [1.165, 1.54) is 28.2 Å². The molecule has 2 aromatic heterocycles. The van der Waals surface area contributed by atoms with Crippen LogP contribution < -0.4 is 5.32 Å². The molecule has 0 aliphatic heterocycles. The fourth-order valence-electron chi connectivity index (χ4n) is 2.41. The van der Waals surface area contributed by atoms with Crippen LogP contribution in [0.4, 0.5) is 15.9 Å². The number of amides is 1. The van der Waals surface area contributed by atoms with Crippen LogP contribution in [0.2, 0.25) is 0 Å². The smallest absolute Gasteiger partial charge is 0.358 e. The second-order valence-electron chi connectivity index (χ2n) is 5.82. The zero-order chi connectivity index (χ0) is 18.8. The number of aromatic nitrogens is 2. The molecule has 0 unspecified atom stereocenters. The van der Waals surface area contributed by atoms with Crippen LogP contribution in [0.3, 0.4) is 0 Å². The summed E-state index contributed by atoms with van der Waals surface area (Å²) in [6.07, 6.45) is 0. The van der Waals surface area contributed by atoms with E-state index in [1.54, 1.807) is 30.5 Å². The fraction of sp³-hybridized carbons (Fsp3) is 0.176. The standard InChI is InChI=1S/C17H15FN4O3S/c1-10-3-4-13(18)14(5-10)19-17(23)15-7-12(9-26-15)8-21-11(2)6-16(20-21)22(24)25/h3-7,9H,8H2,1-2H3,(H,19,23). The number of benzene rings is 1. The van der Waals surface area contributed by atoms with Gasteiger partial charge in [0.25, 0.3) is 5.91 Å². The van der Waals surface area contributed by atoms with Crippen molar-refractivity contribution < 1.29 is 14.1 Å². The Kier molecular flexibility index (Phi) is 4.81. The predicted molar refractivity (Wildman–Crippen MR) is 96.1 cm³/mol. The molecule has 0 spiro atoms. The highest BCUT2D eigenvalue weighted by molar-refractivity contribution is 7.12. The van der Waals surface area contributed by atoms with E-state index >= 15 is 0 Å². The lowest BCUT2D eigenvalue weighted by molar-refractivity contribution is -0.389. The van der Waals surface area contributed by atoms with Gasteiger partial charge < -0.3 is 15.4 Å². The number of rotatable bonds is 5. The second kappa shape index (κ2) is 7.04. The molecule has 0 aliphatic carbocycles. The maximum Gasteiger partial charge on any atom is 0.390 e. The Hall–Kier alpha value is -3.07. The lowest BCUT2D eigenvalue weighted by atomic mass is 10.2. The van der Waals surface area contributed by atoms with Gasteiger partial charge >= 0.3 is 5.82 Å². The molecule has 9 heteroatoms. The van der Waals surface area contributed by atoms with Gasteiger partial charge in [-0.15, -0.1) is 11.3 Å². The lowest BCUT2D eigenvalue weighted by Crippen LogP contribution is -2.11. The molecule has 0 bridgehead atoms. The van der Waals surface area contributed by atoms with E-state index in [0.717, 1.165) is 11.1 Å². The van der Waals surface area contributed by atoms with E-state index in [1.807, 2.05) is 6.92 Å². The Morgan fingerprint density at radius 1 is 1.35 bits per heavy atom. The summed E-state index contributed by atoms with van der Waals surface area (Å²) in [6.45, 7) is 3.84. The minimum absolute atomic E-state index is 0.128. The first kappa shape index (κ1) is 17.7. The molecule has 0 radical (unpaired) electrons. The van der Waals surface area contributed by atoms with Gasteiger partial charge in [-0.25, -0.2) is 4.39 Å². The highest BCUT2D eigenvalue weighted by atomic mass is 32.1. The normalized spacial score (nSPS) is 10.7. The van der Waals surface area contributed by atoms with Crippen LogP contribution in [-0.4, -0.2) is 20.6 Å². The highest BCUT2D eigenvalue weighted by Gasteiger charge is 2.17. The van der Waals surface area contributed by atoms with Crippen molar-refractivity contribution in [3.8, 4) is 0 Å². The van der Waals surface area contributed by atoms with Crippen LogP contribution >= 0.6 is 11.3 Å². The second-order valence-corrected chi connectivity index (χ2v) is 6.73. The van der Waals surface area contributed by atoms with Gasteiger partial charge in [0.15, 0.2) is 0 Å². The zero-order valence-corrected chi connectivity index (χ0v) is 14.8. The number of halogens is 1. The summed E-state index contributed by atoms with van der Waals surface area (Å²) >= 11 is 1.22. The van der Waals surface area contributed by atoms with Gasteiger partial charge in [0.05, 0.1) is 34.0 Å². The summed E-state index contributed by atoms with van der Waals surface area (Å²) in [4.78, 5) is 23.0. The van der Waals surface area contributed by atoms with Crippen LogP contribution in [0.5, 0.6) is 0 Å². The molecule has 1 amide bonds. The van der Waals surface area contributed by atoms with Crippen molar-refractivity contribution in [2.45, 2.75) is 20.4 Å². The topological polar surface area (TPSA) is 90.1 Å². The number of hydrogen-bond donors (Lipinski definition) is 1. The molecule has 0 atom stereocenters. The molecule has 26 heavy (non-hydrogen) atoms. The minimum atomic E-state index is -0.549. The van der Waals surface area contributed by atoms with E-state index in [0.29, 0.717) is 17.1 Å². The molecular formula is C17H15FN4O3S. The van der Waals surface area contributed by atoms with E-state index in [4.69, 9.17) is 0 Å². The SMILES string of the molecule is Cc1ccc(F)c(NC(=O)c2cc(Cn3nc([N+](=O)[O-])cc3C)cs2)c1. The molecule has 1 N–H and O–H groups in total. The molecule has 3 aromatic rings. The van der Waals surface area contributed by atoms with Crippen LogP contribution in [-0.2, 0) is 6.54 Å². The molecule has 1 aromatic carbocycles. The minimum Gasteiger partial charge on any atom is -0.358 e. The van der Waals surface area contributed by atoms with Crippen molar-refractivity contribution in [1.82, 2.24) is 9.78 Å². The van der Waals surface area contributed by atoms with E-state index in [-0.39, 0.29) is 11.5 Å². The van der Waals surface area contributed by atoms with Gasteiger partial charge in [0.1, 0.15) is 5.82 Å². The number of nitrogens with zero attached hydrogens (tertiary/aromatic N) is 3. The molecule has 3 rings (SSSR count). The molecule has 0 saturated carbocycles. The Labute approximate surface area is 152 Å². The summed E-state index contributed by atoms with van der Waals surface area (Å²) in [5, 5.41) is 19.0. The molecule has 0 fully saturated rings. The molecule has 7 nitrogen and oxygen atoms in total. The van der Waals surface area contributed by atoms with Crippen molar-refractivity contribution in [2.75, 3.05) is 5.32 Å². The van der Waals surface area contributed by atoms with Crippen molar-refractivity contribution in [3.63, 3.8) is 0 Å². The molecular weight excluding hydrogens is 359 g/mol. The Balaban J connectivity index is 1.74. The van der Waals surface area contributed by atoms with E-state index in [2.05, 4.69) is 10.4 Å². The quantitative estimate of drug-likeness (QED) is 0.541. The summed E-state index contributed by atoms with van der Waals surface area (Å²) in [5.41, 5.74) is 2.40. The fourth-order valence-corrected chi connectivity index (χ4v) is 3.21. The number of nitro groups is 1. The number of hydrogen-bond acceptors (Lipinski definition) is 5. The number of thiophene rings is 1. The van der Waals surface area contributed by atoms with Gasteiger partial charge in [-0.3, -0.25) is 4.79 Å². The van der Waals surface area contributed by atoms with Gasteiger partial charge in [0.2, 0.25) is 0 Å². The lowest BCUT2D eigenvalue weighted by Gasteiger charge is -2.05. The largest absolute Gasteiger partial charge is 0.390 e. The average molecular weight is 374 g/mol. The maximum absolute atomic E-state index is 13.8. The number of aryl methyl sites for hydroxylation is 2. The first-order valence-corrected chi connectivity index (χ1v) is 8.55. The Morgan fingerprint density at radius 2 is 2.12 bits per heavy atom. The van der Waals surface area contributed by atoms with Crippen molar-refractivity contribution in [3.05, 3.63) is 73.3 Å². The van der Waals surface area contributed by atoms with Crippen LogP contribution in [0.25, 0.3) is 0 Å². The van der Waals surface area contributed by atoms with Crippen LogP contribution in [0, 0.1) is 29.8 Å². The predicted octanol–water partition coefficient (Wildman–Crippen LogP) is 3.91. The third-order valence-corrected chi connectivity index (χ3v) is 4.71. The van der Waals surface area contributed by atoms with Crippen molar-refractivity contribution in [2.24, 2.45) is 0 Å². The number of carbonyl (C=O) groups excluding carboxylic acids is 1. The third kappa shape index (κ3) is 3.77. The van der Waals surface area contributed by atoms with E-state index < -0.39 is 16.6 Å².